The van der Waals surface area contributed by atoms with Crippen molar-refractivity contribution in [1.29, 1.82) is 0 Å². The zero-order valence-electron chi connectivity index (χ0n) is 12.6. The standard InChI is InChI=1S/C17H15ClN2O4/c18-14-8-11(9-15-16(14)24-7-1-6-23-15)10-19-20-13-4-2-12(3-5-13)17(21)22/h2-5,8-10,20H,1,6-7H2,(H,21,22)/p-1/b19-10-. The molecule has 2 aromatic rings. The highest BCUT2D eigenvalue weighted by atomic mass is 35.5. The normalized spacial score (nSPS) is 13.5. The number of fused-ring (bicyclic) bond motifs is 1. The van der Waals surface area contributed by atoms with E-state index in [0.29, 0.717) is 35.4 Å². The fourth-order valence-electron chi connectivity index (χ4n) is 2.19. The van der Waals surface area contributed by atoms with Crippen molar-refractivity contribution in [2.75, 3.05) is 18.6 Å². The molecule has 0 fully saturated rings. The van der Waals surface area contributed by atoms with E-state index in [1.165, 1.54) is 12.1 Å². The van der Waals surface area contributed by atoms with Crippen LogP contribution in [0.3, 0.4) is 0 Å². The van der Waals surface area contributed by atoms with Crippen LogP contribution in [0, 0.1) is 0 Å². The van der Waals surface area contributed by atoms with Crippen LogP contribution in [0.5, 0.6) is 11.5 Å². The van der Waals surface area contributed by atoms with Crippen molar-refractivity contribution in [1.82, 2.24) is 0 Å². The number of ether oxygens (including phenoxy) is 2. The lowest BCUT2D eigenvalue weighted by atomic mass is 10.2. The number of rotatable bonds is 4. The smallest absolute Gasteiger partial charge is 0.179 e. The number of carbonyl (C=O) groups is 1. The first-order valence-corrected chi connectivity index (χ1v) is 7.71. The van der Waals surface area contributed by atoms with E-state index in [2.05, 4.69) is 10.5 Å². The highest BCUT2D eigenvalue weighted by Crippen LogP contribution is 2.37. The third-order valence-corrected chi connectivity index (χ3v) is 3.63. The Morgan fingerprint density at radius 1 is 1.21 bits per heavy atom. The van der Waals surface area contributed by atoms with E-state index < -0.39 is 5.97 Å². The van der Waals surface area contributed by atoms with E-state index >= 15 is 0 Å². The fourth-order valence-corrected chi connectivity index (χ4v) is 2.46. The highest BCUT2D eigenvalue weighted by Gasteiger charge is 2.14. The number of nitrogens with one attached hydrogen (secondary N) is 1. The molecule has 6 nitrogen and oxygen atoms in total. The minimum atomic E-state index is -1.22. The Hall–Kier alpha value is -2.73. The summed E-state index contributed by atoms with van der Waals surface area (Å²) in [6, 6.07) is 9.62. The maximum absolute atomic E-state index is 10.7. The molecule has 0 aliphatic carbocycles. The summed E-state index contributed by atoms with van der Waals surface area (Å²) in [4.78, 5) is 10.7. The van der Waals surface area contributed by atoms with Crippen LogP contribution in [-0.4, -0.2) is 25.4 Å². The number of anilines is 1. The molecule has 0 aromatic heterocycles. The van der Waals surface area contributed by atoms with Crippen molar-refractivity contribution in [2.24, 2.45) is 5.10 Å². The first-order valence-electron chi connectivity index (χ1n) is 7.33. The number of hydrogen-bond acceptors (Lipinski definition) is 6. The van der Waals surface area contributed by atoms with E-state index in [0.717, 1.165) is 12.0 Å². The van der Waals surface area contributed by atoms with Crippen LogP contribution in [0.4, 0.5) is 5.69 Å². The number of carbonyl (C=O) groups excluding carboxylic acids is 1. The van der Waals surface area contributed by atoms with E-state index in [4.69, 9.17) is 21.1 Å². The van der Waals surface area contributed by atoms with Crippen LogP contribution >= 0.6 is 11.6 Å². The van der Waals surface area contributed by atoms with Gasteiger partial charge in [-0.1, -0.05) is 23.7 Å². The Morgan fingerprint density at radius 2 is 1.96 bits per heavy atom. The van der Waals surface area contributed by atoms with Crippen LogP contribution < -0.4 is 20.0 Å². The summed E-state index contributed by atoms with van der Waals surface area (Å²) in [6.07, 6.45) is 2.39. The van der Waals surface area contributed by atoms with Gasteiger partial charge < -0.3 is 19.4 Å². The lowest BCUT2D eigenvalue weighted by Gasteiger charge is -2.09. The molecule has 0 unspecified atom stereocenters. The molecule has 0 spiro atoms. The molecule has 0 amide bonds. The topological polar surface area (TPSA) is 83.0 Å². The summed E-state index contributed by atoms with van der Waals surface area (Å²) in [7, 11) is 0. The average molecular weight is 346 g/mol. The van der Waals surface area contributed by atoms with Gasteiger partial charge in [-0.05, 0) is 35.4 Å². The molecule has 24 heavy (non-hydrogen) atoms. The second-order valence-corrected chi connectivity index (χ2v) is 5.52. The highest BCUT2D eigenvalue weighted by molar-refractivity contribution is 6.32. The van der Waals surface area contributed by atoms with Crippen LogP contribution in [0.15, 0.2) is 41.5 Å². The second-order valence-electron chi connectivity index (χ2n) is 5.12. The SMILES string of the molecule is O=C([O-])c1ccc(N/N=C\c2cc(Cl)c3c(c2)OCCCO3)cc1. The van der Waals surface area contributed by atoms with Crippen molar-refractivity contribution < 1.29 is 19.4 Å². The van der Waals surface area contributed by atoms with Crippen molar-refractivity contribution >= 4 is 29.5 Å². The molecule has 2 aromatic carbocycles. The molecule has 0 saturated heterocycles. The number of benzene rings is 2. The van der Waals surface area contributed by atoms with Crippen LogP contribution in [-0.2, 0) is 0 Å². The Morgan fingerprint density at radius 3 is 2.71 bits per heavy atom. The van der Waals surface area contributed by atoms with Crippen LogP contribution in [0.1, 0.15) is 22.3 Å². The van der Waals surface area contributed by atoms with Gasteiger partial charge in [0.15, 0.2) is 11.5 Å². The number of nitrogens with zero attached hydrogens (tertiary/aromatic N) is 1. The van der Waals surface area contributed by atoms with Gasteiger partial charge in [-0.25, -0.2) is 0 Å². The molecule has 0 bridgehead atoms. The van der Waals surface area contributed by atoms with Gasteiger partial charge in [-0.3, -0.25) is 5.43 Å². The predicted octanol–water partition coefficient (Wildman–Crippen LogP) is 2.31. The van der Waals surface area contributed by atoms with Gasteiger partial charge in [0.05, 0.1) is 36.1 Å². The van der Waals surface area contributed by atoms with Crippen molar-refractivity contribution in [3.05, 3.63) is 52.5 Å². The molecular weight excluding hydrogens is 332 g/mol. The van der Waals surface area contributed by atoms with Crippen LogP contribution in [0.25, 0.3) is 0 Å². The minimum Gasteiger partial charge on any atom is -0.545 e. The zero-order chi connectivity index (χ0) is 16.9. The van der Waals surface area contributed by atoms with Gasteiger partial charge in [-0.2, -0.15) is 5.10 Å². The van der Waals surface area contributed by atoms with E-state index in [1.54, 1.807) is 30.5 Å². The molecule has 1 heterocycles. The number of carboxylic acid groups (broad SMARTS) is 1. The predicted molar refractivity (Wildman–Crippen MR) is 89.0 cm³/mol. The number of hydrogen-bond donors (Lipinski definition) is 1. The molecule has 1 aliphatic rings. The zero-order valence-corrected chi connectivity index (χ0v) is 13.4. The summed E-state index contributed by atoms with van der Waals surface area (Å²) in [5.74, 6) is -0.0659. The molecule has 7 heteroatoms. The number of halogens is 1. The quantitative estimate of drug-likeness (QED) is 0.679. The summed E-state index contributed by atoms with van der Waals surface area (Å²) in [5.41, 5.74) is 4.33. The number of carboxylic acids is 1. The van der Waals surface area contributed by atoms with Gasteiger partial charge in [0.25, 0.3) is 0 Å². The fraction of sp³-hybridized carbons (Fsp3) is 0.176. The Labute approximate surface area is 143 Å². The summed E-state index contributed by atoms with van der Waals surface area (Å²) < 4.78 is 11.2. The molecule has 1 aliphatic heterocycles. The molecular formula is C17H14ClN2O4-. The summed E-state index contributed by atoms with van der Waals surface area (Å²) >= 11 is 6.21. The third-order valence-electron chi connectivity index (χ3n) is 3.35. The Bertz CT molecular complexity index is 775. The first-order chi connectivity index (χ1) is 11.6. The van der Waals surface area contributed by atoms with Crippen molar-refractivity contribution in [3.8, 4) is 11.5 Å². The molecule has 0 saturated carbocycles. The Balaban J connectivity index is 1.71. The lowest BCUT2D eigenvalue weighted by Crippen LogP contribution is -2.21. The maximum atomic E-state index is 10.7. The third kappa shape index (κ3) is 3.78. The van der Waals surface area contributed by atoms with Crippen molar-refractivity contribution in [2.45, 2.75) is 6.42 Å². The summed E-state index contributed by atoms with van der Waals surface area (Å²) in [6.45, 7) is 1.15. The monoisotopic (exact) mass is 345 g/mol. The maximum Gasteiger partial charge on any atom is 0.179 e. The Kier molecular flexibility index (Phi) is 4.86. The van der Waals surface area contributed by atoms with Crippen LogP contribution in [0.2, 0.25) is 5.02 Å². The molecule has 0 radical (unpaired) electrons. The summed E-state index contributed by atoms with van der Waals surface area (Å²) in [5, 5.41) is 15.3. The molecule has 3 rings (SSSR count). The second kappa shape index (κ2) is 7.23. The van der Waals surface area contributed by atoms with E-state index in [1.807, 2.05) is 0 Å². The van der Waals surface area contributed by atoms with Crippen molar-refractivity contribution in [3.63, 3.8) is 0 Å². The molecule has 124 valence electrons. The van der Waals surface area contributed by atoms with Gasteiger partial charge >= 0.3 is 0 Å². The van der Waals surface area contributed by atoms with E-state index in [9.17, 15) is 9.90 Å². The van der Waals surface area contributed by atoms with Gasteiger partial charge in [-0.15, -0.1) is 0 Å². The first kappa shape index (κ1) is 16.1. The number of hydrazone groups is 1. The average Bonchev–Trinajstić information content (AvgIpc) is 2.81. The molecule has 0 atom stereocenters. The largest absolute Gasteiger partial charge is 0.545 e. The lowest BCUT2D eigenvalue weighted by molar-refractivity contribution is -0.255. The molecule has 1 N–H and O–H groups in total. The number of aromatic carboxylic acids is 1. The van der Waals surface area contributed by atoms with E-state index in [-0.39, 0.29) is 5.56 Å². The van der Waals surface area contributed by atoms with Gasteiger partial charge in [0, 0.05) is 6.42 Å². The minimum absolute atomic E-state index is 0.110. The van der Waals surface area contributed by atoms with Gasteiger partial charge in [0.2, 0.25) is 0 Å². The van der Waals surface area contributed by atoms with Gasteiger partial charge in [0.1, 0.15) is 0 Å².